The second-order valence-corrected chi connectivity index (χ2v) is 9.06. The van der Waals surface area contributed by atoms with Crippen LogP contribution in [0, 0.1) is 5.41 Å². The van der Waals surface area contributed by atoms with Crippen LogP contribution in [0.5, 0.6) is 0 Å². The van der Waals surface area contributed by atoms with Gasteiger partial charge in [-0.15, -0.1) is 0 Å². The third-order valence-electron chi connectivity index (χ3n) is 5.29. The van der Waals surface area contributed by atoms with Gasteiger partial charge in [-0.3, -0.25) is 14.5 Å². The van der Waals surface area contributed by atoms with Gasteiger partial charge in [-0.05, 0) is 45.6 Å². The van der Waals surface area contributed by atoms with Gasteiger partial charge in [-0.2, -0.15) is 0 Å². The lowest BCUT2D eigenvalue weighted by Crippen LogP contribution is -2.59. The molecule has 1 fully saturated rings. The average molecular weight is 396 g/mol. The second kappa shape index (κ2) is 10.0. The molecule has 160 valence electrons. The fraction of sp³-hybridized carbons (Fsp3) is 0.762. The summed E-state index contributed by atoms with van der Waals surface area (Å²) in [4.78, 5) is 40.7. The van der Waals surface area contributed by atoms with E-state index in [4.69, 9.17) is 5.11 Å². The van der Waals surface area contributed by atoms with E-state index in [-0.39, 0.29) is 36.0 Å². The van der Waals surface area contributed by atoms with Gasteiger partial charge >= 0.3 is 5.97 Å². The summed E-state index contributed by atoms with van der Waals surface area (Å²) < 4.78 is 0. The van der Waals surface area contributed by atoms with Crippen LogP contribution in [0.2, 0.25) is 0 Å². The number of carboxylic acid groups (broad SMARTS) is 1. The Kier molecular flexibility index (Phi) is 8.67. The SMILES string of the molecule is C/C(=C\CN(C)C(=O)C(NC(=O)C1CCCCN1C(C)C)C(C)(C)C)C(=O)O. The molecule has 0 aromatic heterocycles. The number of hydrogen-bond acceptors (Lipinski definition) is 4. The maximum Gasteiger partial charge on any atom is 0.331 e. The zero-order valence-electron chi connectivity index (χ0n) is 18.4. The molecule has 1 saturated heterocycles. The van der Waals surface area contributed by atoms with E-state index >= 15 is 0 Å². The molecule has 1 heterocycles. The van der Waals surface area contributed by atoms with Gasteiger partial charge in [0.15, 0.2) is 0 Å². The van der Waals surface area contributed by atoms with Crippen molar-refractivity contribution in [3.05, 3.63) is 11.6 Å². The lowest BCUT2D eigenvalue weighted by molar-refractivity contribution is -0.140. The minimum atomic E-state index is -1.01. The van der Waals surface area contributed by atoms with E-state index in [9.17, 15) is 14.4 Å². The Bertz CT molecular complexity index is 607. The Labute approximate surface area is 169 Å². The molecule has 0 bridgehead atoms. The third-order valence-corrected chi connectivity index (χ3v) is 5.29. The van der Waals surface area contributed by atoms with E-state index in [0.29, 0.717) is 0 Å². The molecule has 0 spiro atoms. The van der Waals surface area contributed by atoms with Crippen molar-refractivity contribution in [1.29, 1.82) is 0 Å². The van der Waals surface area contributed by atoms with E-state index < -0.39 is 17.4 Å². The van der Waals surface area contributed by atoms with Crippen LogP contribution in [0.3, 0.4) is 0 Å². The first-order valence-corrected chi connectivity index (χ1v) is 10.1. The second-order valence-electron chi connectivity index (χ2n) is 9.06. The summed E-state index contributed by atoms with van der Waals surface area (Å²) >= 11 is 0. The zero-order chi connectivity index (χ0) is 21.6. The van der Waals surface area contributed by atoms with Crippen molar-refractivity contribution in [2.45, 2.75) is 78.9 Å². The average Bonchev–Trinajstić information content (AvgIpc) is 2.61. The molecule has 7 heteroatoms. The number of amides is 2. The van der Waals surface area contributed by atoms with Crippen molar-refractivity contribution >= 4 is 17.8 Å². The predicted octanol–water partition coefficient (Wildman–Crippen LogP) is 2.27. The summed E-state index contributed by atoms with van der Waals surface area (Å²) in [5.74, 6) is -1.33. The fourth-order valence-electron chi connectivity index (χ4n) is 3.41. The fourth-order valence-corrected chi connectivity index (χ4v) is 3.41. The Balaban J connectivity index is 2.93. The number of likely N-dealkylation sites (N-methyl/N-ethyl adjacent to an activating group) is 1. The molecule has 0 aromatic carbocycles. The minimum absolute atomic E-state index is 0.104. The van der Waals surface area contributed by atoms with Crippen molar-refractivity contribution in [2.75, 3.05) is 20.1 Å². The summed E-state index contributed by atoms with van der Waals surface area (Å²) in [5.41, 5.74) is -0.282. The van der Waals surface area contributed by atoms with Gasteiger partial charge in [0.05, 0.1) is 6.04 Å². The first-order chi connectivity index (χ1) is 12.9. The minimum Gasteiger partial charge on any atom is -0.478 e. The Hall–Kier alpha value is -1.89. The Morgan fingerprint density at radius 2 is 1.86 bits per heavy atom. The number of likely N-dealkylation sites (tertiary alicyclic amines) is 1. The quantitative estimate of drug-likeness (QED) is 0.646. The summed E-state index contributed by atoms with van der Waals surface area (Å²) in [7, 11) is 1.62. The molecule has 0 radical (unpaired) electrons. The van der Waals surface area contributed by atoms with Crippen molar-refractivity contribution in [3.8, 4) is 0 Å². The van der Waals surface area contributed by atoms with Crippen LogP contribution < -0.4 is 5.32 Å². The summed E-state index contributed by atoms with van der Waals surface area (Å²) in [6, 6.07) is -0.628. The zero-order valence-corrected chi connectivity index (χ0v) is 18.4. The van der Waals surface area contributed by atoms with Crippen LogP contribution in [0.25, 0.3) is 0 Å². The molecule has 2 unspecified atom stereocenters. The molecule has 1 rings (SSSR count). The lowest BCUT2D eigenvalue weighted by Gasteiger charge is -2.40. The highest BCUT2D eigenvalue weighted by Crippen LogP contribution is 2.24. The standard InChI is InChI=1S/C21H37N3O4/c1-14(2)24-12-9-8-10-16(24)18(25)22-17(21(4,5)6)19(26)23(7)13-11-15(3)20(27)28/h11,14,16-17H,8-10,12-13H2,1-7H3,(H,22,25)(H,27,28)/b15-11+. The monoisotopic (exact) mass is 395 g/mol. The molecule has 2 amide bonds. The van der Waals surface area contributed by atoms with Crippen LogP contribution in [0.4, 0.5) is 0 Å². The number of carbonyl (C=O) groups excluding carboxylic acids is 2. The number of carbonyl (C=O) groups is 3. The summed E-state index contributed by atoms with van der Waals surface area (Å²) in [6.07, 6.45) is 4.39. The van der Waals surface area contributed by atoms with E-state index in [2.05, 4.69) is 24.1 Å². The van der Waals surface area contributed by atoms with Gasteiger partial charge in [0, 0.05) is 25.2 Å². The molecule has 0 aliphatic carbocycles. The first-order valence-electron chi connectivity index (χ1n) is 10.1. The van der Waals surface area contributed by atoms with Crippen LogP contribution >= 0.6 is 0 Å². The molecule has 0 saturated carbocycles. The van der Waals surface area contributed by atoms with Gasteiger partial charge in [-0.1, -0.05) is 33.3 Å². The van der Waals surface area contributed by atoms with Crippen molar-refractivity contribution < 1.29 is 19.5 Å². The lowest BCUT2D eigenvalue weighted by atomic mass is 9.85. The Morgan fingerprint density at radius 1 is 1.25 bits per heavy atom. The van der Waals surface area contributed by atoms with E-state index in [1.807, 2.05) is 20.8 Å². The number of hydrogen-bond donors (Lipinski definition) is 2. The number of piperidine rings is 1. The maximum absolute atomic E-state index is 13.0. The van der Waals surface area contributed by atoms with Gasteiger partial charge < -0.3 is 15.3 Å². The number of nitrogens with one attached hydrogen (secondary N) is 1. The van der Waals surface area contributed by atoms with Crippen LogP contribution in [-0.4, -0.2) is 71.0 Å². The smallest absolute Gasteiger partial charge is 0.331 e. The van der Waals surface area contributed by atoms with Gasteiger partial charge in [0.25, 0.3) is 0 Å². The highest BCUT2D eigenvalue weighted by molar-refractivity contribution is 5.90. The normalized spacial score (nSPS) is 20.0. The molecule has 2 N–H and O–H groups in total. The summed E-state index contributed by atoms with van der Waals surface area (Å²) in [6.45, 7) is 12.5. The van der Waals surface area contributed by atoms with Crippen molar-refractivity contribution in [2.24, 2.45) is 5.41 Å². The van der Waals surface area contributed by atoms with Crippen molar-refractivity contribution in [3.63, 3.8) is 0 Å². The van der Waals surface area contributed by atoms with Crippen LogP contribution in [0.15, 0.2) is 11.6 Å². The molecule has 28 heavy (non-hydrogen) atoms. The van der Waals surface area contributed by atoms with Gasteiger partial charge in [0.2, 0.25) is 11.8 Å². The number of aliphatic carboxylic acids is 1. The molecule has 2 atom stereocenters. The molecular weight excluding hydrogens is 358 g/mol. The Morgan fingerprint density at radius 3 is 2.36 bits per heavy atom. The molecule has 1 aliphatic heterocycles. The molecule has 7 nitrogen and oxygen atoms in total. The predicted molar refractivity (Wildman–Crippen MR) is 110 cm³/mol. The largest absolute Gasteiger partial charge is 0.478 e. The van der Waals surface area contributed by atoms with Gasteiger partial charge in [0.1, 0.15) is 6.04 Å². The first kappa shape index (κ1) is 24.1. The van der Waals surface area contributed by atoms with Crippen LogP contribution in [-0.2, 0) is 14.4 Å². The molecule has 1 aliphatic rings. The van der Waals surface area contributed by atoms with E-state index in [0.717, 1.165) is 25.8 Å². The number of carboxylic acids is 1. The van der Waals surface area contributed by atoms with Crippen molar-refractivity contribution in [1.82, 2.24) is 15.1 Å². The topological polar surface area (TPSA) is 90.0 Å². The molecule has 0 aromatic rings. The highest BCUT2D eigenvalue weighted by atomic mass is 16.4. The maximum atomic E-state index is 13.0. The highest BCUT2D eigenvalue weighted by Gasteiger charge is 2.38. The third kappa shape index (κ3) is 6.62. The van der Waals surface area contributed by atoms with Crippen LogP contribution in [0.1, 0.15) is 60.8 Å². The number of rotatable bonds is 7. The summed E-state index contributed by atoms with van der Waals surface area (Å²) in [5, 5.41) is 12.0. The van der Waals surface area contributed by atoms with E-state index in [1.165, 1.54) is 17.9 Å². The van der Waals surface area contributed by atoms with E-state index in [1.54, 1.807) is 7.05 Å². The molecular formula is C21H37N3O4. The van der Waals surface area contributed by atoms with Gasteiger partial charge in [-0.25, -0.2) is 4.79 Å². The number of nitrogens with zero attached hydrogens (tertiary/aromatic N) is 2.